The lowest BCUT2D eigenvalue weighted by Crippen LogP contribution is -2.56. The van der Waals surface area contributed by atoms with Gasteiger partial charge in [-0.3, -0.25) is 19.5 Å². The molecule has 0 radical (unpaired) electrons. The molecule has 224 valence electrons. The smallest absolute Gasteiger partial charge is 0.372 e. The zero-order chi connectivity index (χ0) is 30.7. The summed E-state index contributed by atoms with van der Waals surface area (Å²) in [5.74, 6) is 0.646. The van der Waals surface area contributed by atoms with Crippen molar-refractivity contribution in [2.75, 3.05) is 23.7 Å². The maximum absolute atomic E-state index is 13.4. The van der Waals surface area contributed by atoms with Gasteiger partial charge in [0.25, 0.3) is 10.9 Å². The van der Waals surface area contributed by atoms with Gasteiger partial charge in [0.05, 0.1) is 22.7 Å². The number of hydrogen-bond acceptors (Lipinski definition) is 6. The third kappa shape index (κ3) is 5.28. The van der Waals surface area contributed by atoms with Gasteiger partial charge in [-0.2, -0.15) is 26.3 Å². The fourth-order valence-electron chi connectivity index (χ4n) is 6.47. The van der Waals surface area contributed by atoms with Crippen molar-refractivity contribution >= 4 is 28.0 Å². The molecule has 3 aliphatic heterocycles. The third-order valence-corrected chi connectivity index (χ3v) is 8.62. The Morgan fingerprint density at radius 3 is 2.26 bits per heavy atom. The molecule has 2 unspecified atom stereocenters. The van der Waals surface area contributed by atoms with E-state index in [1.807, 2.05) is 36.4 Å². The van der Waals surface area contributed by atoms with Gasteiger partial charge in [-0.1, -0.05) is 24.3 Å². The van der Waals surface area contributed by atoms with Gasteiger partial charge in [-0.25, -0.2) is 0 Å². The van der Waals surface area contributed by atoms with Gasteiger partial charge < -0.3 is 10.6 Å². The van der Waals surface area contributed by atoms with Crippen LogP contribution in [0.5, 0.6) is 0 Å². The van der Waals surface area contributed by atoms with Crippen molar-refractivity contribution in [3.63, 3.8) is 0 Å². The number of rotatable bonds is 7. The quantitative estimate of drug-likeness (QED) is 0.140. The van der Waals surface area contributed by atoms with E-state index < -0.39 is 46.1 Å². The van der Waals surface area contributed by atoms with Crippen LogP contribution in [-0.4, -0.2) is 29.0 Å². The molecule has 0 amide bonds. The lowest BCUT2D eigenvalue weighted by molar-refractivity contribution is -0.143. The number of nitrogens with one attached hydrogen (secondary N) is 2. The van der Waals surface area contributed by atoms with Crippen LogP contribution in [0.2, 0.25) is 0 Å². The van der Waals surface area contributed by atoms with E-state index in [9.17, 15) is 35.9 Å². The number of para-hydroxylation sites is 1. The maximum Gasteiger partial charge on any atom is 0.416 e. The van der Waals surface area contributed by atoms with E-state index in [1.165, 1.54) is 0 Å². The number of hydrogen-bond donors (Lipinski definition) is 2. The van der Waals surface area contributed by atoms with Crippen molar-refractivity contribution in [2.24, 2.45) is 11.8 Å². The molecule has 12 heteroatoms. The summed E-state index contributed by atoms with van der Waals surface area (Å²) < 4.78 is 80.7. The SMILES string of the molecule is C=C[C@H]1CN2CC[C@H]1C[C@@H]2C(Nc1c(Nc2cc(C(F)(F)F)cc(C(F)(F)F)c2)c(=O)c1=O)c1ccnc2ccccc12. The molecule has 0 saturated carbocycles. The molecule has 4 heterocycles. The molecular formula is C31H26F6N4O2. The number of nitrogens with zero attached hydrogens (tertiary/aromatic N) is 2. The average Bonchev–Trinajstić information content (AvgIpc) is 2.99. The molecule has 1 aromatic heterocycles. The van der Waals surface area contributed by atoms with Crippen molar-refractivity contribution in [3.8, 4) is 0 Å². The summed E-state index contributed by atoms with van der Waals surface area (Å²) in [5, 5.41) is 6.40. The molecule has 0 spiro atoms. The van der Waals surface area contributed by atoms with Crippen LogP contribution in [0, 0.1) is 11.8 Å². The molecule has 3 aromatic carbocycles. The monoisotopic (exact) mass is 600 g/mol. The largest absolute Gasteiger partial charge is 0.416 e. The summed E-state index contributed by atoms with van der Waals surface area (Å²) >= 11 is 0. The molecule has 6 nitrogen and oxygen atoms in total. The van der Waals surface area contributed by atoms with Crippen molar-refractivity contribution in [1.82, 2.24) is 9.88 Å². The first kappa shape index (κ1) is 28.9. The summed E-state index contributed by atoms with van der Waals surface area (Å²) in [7, 11) is 0. The molecule has 2 bridgehead atoms. The Bertz CT molecular complexity index is 1740. The van der Waals surface area contributed by atoms with Crippen molar-refractivity contribution < 1.29 is 26.3 Å². The number of pyridine rings is 1. The van der Waals surface area contributed by atoms with E-state index in [0.29, 0.717) is 29.5 Å². The van der Waals surface area contributed by atoms with E-state index in [2.05, 4.69) is 27.1 Å². The first-order chi connectivity index (χ1) is 20.3. The van der Waals surface area contributed by atoms with Crippen LogP contribution in [0.15, 0.2) is 77.0 Å². The first-order valence-electron chi connectivity index (χ1n) is 13.7. The number of piperidine rings is 3. The predicted molar refractivity (Wildman–Crippen MR) is 151 cm³/mol. The van der Waals surface area contributed by atoms with Gasteiger partial charge in [0.2, 0.25) is 0 Å². The predicted octanol–water partition coefficient (Wildman–Crippen LogP) is 6.66. The first-order valence-corrected chi connectivity index (χ1v) is 13.7. The molecule has 0 aliphatic carbocycles. The van der Waals surface area contributed by atoms with Gasteiger partial charge >= 0.3 is 12.4 Å². The molecule has 3 aliphatic rings. The molecule has 3 saturated heterocycles. The topological polar surface area (TPSA) is 74.3 Å². The molecule has 7 rings (SSSR count). The second-order valence-electron chi connectivity index (χ2n) is 11.1. The zero-order valence-electron chi connectivity index (χ0n) is 22.6. The summed E-state index contributed by atoms with van der Waals surface area (Å²) in [6.07, 6.45) is -4.83. The summed E-state index contributed by atoms with van der Waals surface area (Å²) in [4.78, 5) is 32.3. The Morgan fingerprint density at radius 2 is 1.63 bits per heavy atom. The number of alkyl halides is 6. The number of anilines is 3. The second-order valence-corrected chi connectivity index (χ2v) is 11.1. The summed E-state index contributed by atoms with van der Waals surface area (Å²) in [6, 6.07) is 9.52. The van der Waals surface area contributed by atoms with Gasteiger partial charge in [-0.15, -0.1) is 6.58 Å². The zero-order valence-corrected chi connectivity index (χ0v) is 22.6. The number of halogens is 6. The normalized spacial score (nSPS) is 22.9. The lowest BCUT2D eigenvalue weighted by atomic mass is 9.73. The molecular weight excluding hydrogens is 574 g/mol. The average molecular weight is 601 g/mol. The van der Waals surface area contributed by atoms with Crippen LogP contribution in [0.4, 0.5) is 43.4 Å². The van der Waals surface area contributed by atoms with Crippen LogP contribution >= 0.6 is 0 Å². The van der Waals surface area contributed by atoms with Crippen LogP contribution < -0.4 is 21.5 Å². The van der Waals surface area contributed by atoms with Crippen molar-refractivity contribution in [3.05, 3.63) is 105 Å². The molecule has 43 heavy (non-hydrogen) atoms. The van der Waals surface area contributed by atoms with Gasteiger partial charge in [-0.05, 0) is 67.1 Å². The standard InChI is InChI=1S/C31H26F6N4O2/c1-2-16-15-41-10-8-17(16)11-24(41)25(22-7-9-38-23-6-4-3-5-21(22)23)40-27-26(28(42)29(27)43)39-20-13-18(30(32,33)34)12-19(14-20)31(35,36)37/h2-7,9,12-14,16-17,24-25,39-40H,1,8,10-11,15H2/t16-,17-,24+,25?/m0/s1. The minimum Gasteiger partial charge on any atom is -0.372 e. The lowest BCUT2D eigenvalue weighted by Gasteiger charge is -2.52. The van der Waals surface area contributed by atoms with Crippen LogP contribution in [0.25, 0.3) is 10.9 Å². The summed E-state index contributed by atoms with van der Waals surface area (Å²) in [6.45, 7) is 5.52. The number of fused-ring (bicyclic) bond motifs is 4. The maximum atomic E-state index is 13.4. The molecule has 2 N–H and O–H groups in total. The van der Waals surface area contributed by atoms with Gasteiger partial charge in [0, 0.05) is 29.9 Å². The highest BCUT2D eigenvalue weighted by Crippen LogP contribution is 2.44. The van der Waals surface area contributed by atoms with Gasteiger partial charge in [0.1, 0.15) is 11.4 Å². The Morgan fingerprint density at radius 1 is 0.953 bits per heavy atom. The van der Waals surface area contributed by atoms with Crippen molar-refractivity contribution in [2.45, 2.75) is 37.3 Å². The van der Waals surface area contributed by atoms with E-state index in [1.54, 1.807) is 6.20 Å². The fourth-order valence-corrected chi connectivity index (χ4v) is 6.47. The Labute approximate surface area is 241 Å². The Balaban J connectivity index is 1.41. The number of aromatic nitrogens is 1. The molecule has 4 aromatic rings. The molecule has 3 fully saturated rings. The third-order valence-electron chi connectivity index (χ3n) is 8.62. The van der Waals surface area contributed by atoms with E-state index in [0.717, 1.165) is 36.9 Å². The van der Waals surface area contributed by atoms with E-state index >= 15 is 0 Å². The van der Waals surface area contributed by atoms with Crippen LogP contribution in [0.3, 0.4) is 0 Å². The van der Waals surface area contributed by atoms with Crippen LogP contribution in [0.1, 0.15) is 35.6 Å². The highest BCUT2D eigenvalue weighted by molar-refractivity contribution is 5.84. The highest BCUT2D eigenvalue weighted by atomic mass is 19.4. The summed E-state index contributed by atoms with van der Waals surface area (Å²) in [5.41, 5.74) is -4.71. The minimum atomic E-state index is -5.07. The Kier molecular flexibility index (Phi) is 7.07. The number of benzene rings is 2. The highest BCUT2D eigenvalue weighted by Gasteiger charge is 2.44. The Hall–Kier alpha value is -4.19. The van der Waals surface area contributed by atoms with Crippen molar-refractivity contribution in [1.29, 1.82) is 0 Å². The van der Waals surface area contributed by atoms with E-state index in [4.69, 9.17) is 0 Å². The molecule has 5 atom stereocenters. The second kappa shape index (κ2) is 10.5. The van der Waals surface area contributed by atoms with Gasteiger partial charge in [0.15, 0.2) is 0 Å². The van der Waals surface area contributed by atoms with E-state index in [-0.39, 0.29) is 23.5 Å². The minimum absolute atomic E-state index is 0.000122. The fraction of sp³-hybridized carbons (Fsp3) is 0.323. The van der Waals surface area contributed by atoms with Crippen LogP contribution in [-0.2, 0) is 12.4 Å².